The zero-order valence-electron chi connectivity index (χ0n) is 21.9. The zero-order valence-corrected chi connectivity index (χ0v) is 22.7. The number of rotatable bonds is 8. The fourth-order valence-electron chi connectivity index (χ4n) is 4.29. The van der Waals surface area contributed by atoms with E-state index < -0.39 is 28.1 Å². The lowest BCUT2D eigenvalue weighted by atomic mass is 9.99. The van der Waals surface area contributed by atoms with E-state index in [0.29, 0.717) is 0 Å². The van der Waals surface area contributed by atoms with Crippen molar-refractivity contribution in [2.75, 3.05) is 32.1 Å². The number of nitrogens with zero attached hydrogens (tertiary/aromatic N) is 4. The van der Waals surface area contributed by atoms with Gasteiger partial charge in [0.05, 0.1) is 41.5 Å². The molecule has 2 aromatic carbocycles. The molecule has 1 aromatic heterocycles. The number of anilines is 1. The monoisotopic (exact) mass is 553 g/mol. The highest BCUT2D eigenvalue weighted by molar-refractivity contribution is 7.89. The van der Waals surface area contributed by atoms with Gasteiger partial charge in [0.15, 0.2) is 5.75 Å². The molecule has 0 aliphatic carbocycles. The number of amides is 2. The zero-order chi connectivity index (χ0) is 28.2. The van der Waals surface area contributed by atoms with Crippen LogP contribution in [0.4, 0.5) is 5.69 Å². The number of sulfonamides is 1. The van der Waals surface area contributed by atoms with Crippen LogP contribution in [0.3, 0.4) is 0 Å². The van der Waals surface area contributed by atoms with Crippen LogP contribution in [-0.4, -0.2) is 83.4 Å². The Balaban J connectivity index is 1.73. The molecular weight excluding hydrogens is 522 g/mol. The number of aromatic nitrogens is 2. The van der Waals surface area contributed by atoms with Crippen molar-refractivity contribution in [3.63, 3.8) is 0 Å². The minimum Gasteiger partial charge on any atom is -0.486 e. The molecule has 0 fully saturated rings. The summed E-state index contributed by atoms with van der Waals surface area (Å²) in [5.41, 5.74) is 0.472. The van der Waals surface area contributed by atoms with Crippen LogP contribution >= 0.6 is 0 Å². The highest BCUT2D eigenvalue weighted by Crippen LogP contribution is 2.35. The molecule has 1 aliphatic rings. The quantitative estimate of drug-likeness (QED) is 0.433. The van der Waals surface area contributed by atoms with Gasteiger partial charge < -0.3 is 20.1 Å². The first-order valence-electron chi connectivity index (χ1n) is 12.4. The lowest BCUT2D eigenvalue weighted by Crippen LogP contribution is -2.50. The van der Waals surface area contributed by atoms with Crippen molar-refractivity contribution < 1.29 is 27.9 Å². The Hall–Kier alpha value is -3.87. The number of carbonyl (C=O) groups excluding carboxylic acids is 2. The second-order valence-corrected chi connectivity index (χ2v) is 11.5. The number of hydrogen-bond donors (Lipinski definition) is 2. The van der Waals surface area contributed by atoms with Gasteiger partial charge >= 0.3 is 0 Å². The SMILES string of the molecule is C[C@@H]1CN([C@@H](C)CO)C(=O)c2cccc(NC(=O)c3cnccn3)c2O[C@@H]1CN(C)S(=O)(=O)c1ccccc1. The van der Waals surface area contributed by atoms with Gasteiger partial charge in [-0.2, -0.15) is 4.31 Å². The average molecular weight is 554 g/mol. The topological polar surface area (TPSA) is 142 Å². The summed E-state index contributed by atoms with van der Waals surface area (Å²) in [4.78, 5) is 36.1. The summed E-state index contributed by atoms with van der Waals surface area (Å²) < 4.78 is 34.1. The molecule has 206 valence electrons. The second kappa shape index (κ2) is 11.9. The van der Waals surface area contributed by atoms with Gasteiger partial charge in [-0.3, -0.25) is 14.6 Å². The minimum atomic E-state index is -3.82. The molecule has 12 heteroatoms. The molecule has 0 unspecified atom stereocenters. The van der Waals surface area contributed by atoms with Crippen LogP contribution in [0.5, 0.6) is 5.75 Å². The third-order valence-corrected chi connectivity index (χ3v) is 8.46. The molecule has 4 rings (SSSR count). The number of carbonyl (C=O) groups is 2. The Morgan fingerprint density at radius 3 is 2.62 bits per heavy atom. The van der Waals surface area contributed by atoms with E-state index in [9.17, 15) is 23.1 Å². The molecule has 3 aromatic rings. The lowest BCUT2D eigenvalue weighted by Gasteiger charge is -2.38. The summed E-state index contributed by atoms with van der Waals surface area (Å²) in [6, 6.07) is 12.4. The van der Waals surface area contributed by atoms with E-state index in [2.05, 4.69) is 15.3 Å². The third kappa shape index (κ3) is 6.08. The molecule has 11 nitrogen and oxygen atoms in total. The molecule has 0 saturated carbocycles. The highest BCUT2D eigenvalue weighted by Gasteiger charge is 2.36. The van der Waals surface area contributed by atoms with E-state index in [-0.39, 0.29) is 59.1 Å². The molecule has 0 bridgehead atoms. The average Bonchev–Trinajstić information content (AvgIpc) is 2.95. The maximum absolute atomic E-state index is 13.6. The van der Waals surface area contributed by atoms with Crippen molar-refractivity contribution in [1.82, 2.24) is 19.2 Å². The summed E-state index contributed by atoms with van der Waals surface area (Å²) in [5.74, 6) is -1.16. The Morgan fingerprint density at radius 1 is 1.21 bits per heavy atom. The van der Waals surface area contributed by atoms with E-state index in [0.717, 1.165) is 0 Å². The number of benzene rings is 2. The minimum absolute atomic E-state index is 0.0280. The highest BCUT2D eigenvalue weighted by atomic mass is 32.2. The molecule has 0 radical (unpaired) electrons. The Labute approximate surface area is 227 Å². The number of para-hydroxylation sites is 1. The van der Waals surface area contributed by atoms with E-state index >= 15 is 0 Å². The van der Waals surface area contributed by atoms with Crippen molar-refractivity contribution in [2.45, 2.75) is 30.9 Å². The number of fused-ring (bicyclic) bond motifs is 1. The standard InChI is InChI=1S/C27H31N5O6S/c1-18-15-32(19(2)17-33)27(35)21-10-7-11-22(30-26(34)23-14-28-12-13-29-23)25(21)38-24(18)16-31(3)39(36,37)20-8-5-4-6-9-20/h4-14,18-19,24,33H,15-17H2,1-3H3,(H,30,34)/t18-,19+,24-/m1/s1. The van der Waals surface area contributed by atoms with Gasteiger partial charge in [0.2, 0.25) is 10.0 Å². The Bertz CT molecular complexity index is 1420. The summed E-state index contributed by atoms with van der Waals surface area (Å²) in [6.07, 6.45) is 3.44. The molecule has 39 heavy (non-hydrogen) atoms. The first-order valence-corrected chi connectivity index (χ1v) is 13.9. The van der Waals surface area contributed by atoms with E-state index in [1.54, 1.807) is 48.2 Å². The molecule has 1 aliphatic heterocycles. The molecule has 0 saturated heterocycles. The molecule has 2 amide bonds. The summed E-state index contributed by atoms with van der Waals surface area (Å²) >= 11 is 0. The Morgan fingerprint density at radius 2 is 1.95 bits per heavy atom. The van der Waals surface area contributed by atoms with Crippen LogP contribution in [0.15, 0.2) is 72.0 Å². The molecule has 2 N–H and O–H groups in total. The second-order valence-electron chi connectivity index (χ2n) is 9.45. The largest absolute Gasteiger partial charge is 0.486 e. The fraction of sp³-hybridized carbons (Fsp3) is 0.333. The fourth-order valence-corrected chi connectivity index (χ4v) is 5.49. The third-order valence-electron chi connectivity index (χ3n) is 6.62. The van der Waals surface area contributed by atoms with Gasteiger partial charge in [-0.05, 0) is 31.2 Å². The van der Waals surface area contributed by atoms with Crippen molar-refractivity contribution >= 4 is 27.5 Å². The smallest absolute Gasteiger partial charge is 0.275 e. The van der Waals surface area contributed by atoms with Crippen LogP contribution in [-0.2, 0) is 10.0 Å². The van der Waals surface area contributed by atoms with Gasteiger partial charge in [0.25, 0.3) is 11.8 Å². The van der Waals surface area contributed by atoms with Gasteiger partial charge in [-0.25, -0.2) is 13.4 Å². The van der Waals surface area contributed by atoms with Gasteiger partial charge in [0, 0.05) is 31.9 Å². The van der Waals surface area contributed by atoms with Crippen LogP contribution in [0.1, 0.15) is 34.7 Å². The first kappa shape index (κ1) is 28.1. The van der Waals surface area contributed by atoms with Crippen LogP contribution in [0.25, 0.3) is 0 Å². The number of likely N-dealkylation sites (N-methyl/N-ethyl adjacent to an activating group) is 1. The molecule has 3 atom stereocenters. The van der Waals surface area contributed by atoms with Crippen LogP contribution < -0.4 is 10.1 Å². The number of ether oxygens (including phenoxy) is 1. The molecule has 0 spiro atoms. The summed E-state index contributed by atoms with van der Waals surface area (Å²) in [5, 5.41) is 12.6. The van der Waals surface area contributed by atoms with E-state index in [1.165, 1.54) is 42.1 Å². The summed E-state index contributed by atoms with van der Waals surface area (Å²) in [6.45, 7) is 3.52. The van der Waals surface area contributed by atoms with Crippen molar-refractivity contribution in [2.24, 2.45) is 5.92 Å². The van der Waals surface area contributed by atoms with E-state index in [4.69, 9.17) is 4.74 Å². The predicted molar refractivity (Wildman–Crippen MR) is 144 cm³/mol. The van der Waals surface area contributed by atoms with Crippen LogP contribution in [0, 0.1) is 5.92 Å². The molecular formula is C27H31N5O6S. The van der Waals surface area contributed by atoms with Crippen LogP contribution in [0.2, 0.25) is 0 Å². The number of hydrogen-bond acceptors (Lipinski definition) is 8. The lowest BCUT2D eigenvalue weighted by molar-refractivity contribution is 0.0388. The van der Waals surface area contributed by atoms with Crippen molar-refractivity contribution in [3.8, 4) is 5.75 Å². The molecule has 2 heterocycles. The van der Waals surface area contributed by atoms with Crippen molar-refractivity contribution in [1.29, 1.82) is 0 Å². The first-order chi connectivity index (χ1) is 18.6. The number of nitrogens with one attached hydrogen (secondary N) is 1. The van der Waals surface area contributed by atoms with E-state index in [1.807, 2.05) is 6.92 Å². The predicted octanol–water partition coefficient (Wildman–Crippen LogP) is 2.27. The van der Waals surface area contributed by atoms with Gasteiger partial charge in [-0.1, -0.05) is 31.2 Å². The van der Waals surface area contributed by atoms with Gasteiger partial charge in [0.1, 0.15) is 11.8 Å². The maximum Gasteiger partial charge on any atom is 0.275 e. The maximum atomic E-state index is 13.6. The Kier molecular flexibility index (Phi) is 8.58. The van der Waals surface area contributed by atoms with Crippen molar-refractivity contribution in [3.05, 3.63) is 78.4 Å². The normalized spacial score (nSPS) is 18.5. The van der Waals surface area contributed by atoms with Gasteiger partial charge in [-0.15, -0.1) is 0 Å². The number of aliphatic hydroxyl groups is 1. The number of aliphatic hydroxyl groups excluding tert-OH is 1. The summed E-state index contributed by atoms with van der Waals surface area (Å²) in [7, 11) is -2.35.